The minimum Gasteiger partial charge on any atom is -1.00 e. The van der Waals surface area contributed by atoms with Crippen LogP contribution in [0.1, 0.15) is 13.3 Å². The first kappa shape index (κ1) is 11.1. The van der Waals surface area contributed by atoms with E-state index < -0.39 is 0 Å². The van der Waals surface area contributed by atoms with Crippen LogP contribution >= 0.6 is 0 Å². The van der Waals surface area contributed by atoms with Gasteiger partial charge in [-0.05, 0) is 6.42 Å². The largest absolute Gasteiger partial charge is 1.00 e. The lowest BCUT2D eigenvalue weighted by Gasteiger charge is -1.99. The highest BCUT2D eigenvalue weighted by Gasteiger charge is 2.15. The molecular weight excluding hydrogens is 242 g/mol. The van der Waals surface area contributed by atoms with Crippen LogP contribution in [0.15, 0.2) is 52.6 Å². The molecule has 0 radical (unpaired) electrons. The minimum absolute atomic E-state index is 0. The Hall–Kier alpha value is -1.00. The van der Waals surface area contributed by atoms with Crippen molar-refractivity contribution in [1.29, 1.82) is 0 Å². The maximum absolute atomic E-state index is 4.11. The normalized spacial score (nSPS) is 18.9. The van der Waals surface area contributed by atoms with Crippen LogP contribution in [-0.4, -0.2) is 0 Å². The standard InChI is InChI=1S/C10H11N3.BrH/c1-2-9-8-13(12-11-9)10-6-4-3-5-7-10;/h3-8H,2H2,1H3;1H. The Morgan fingerprint density at radius 1 is 1.21 bits per heavy atom. The molecule has 1 aliphatic rings. The molecule has 0 amide bonds. The van der Waals surface area contributed by atoms with E-state index in [9.17, 15) is 0 Å². The van der Waals surface area contributed by atoms with Crippen molar-refractivity contribution in [2.24, 2.45) is 10.3 Å². The van der Waals surface area contributed by atoms with E-state index in [0.29, 0.717) is 0 Å². The third-order valence-corrected chi connectivity index (χ3v) is 2.02. The molecule has 1 atom stereocenters. The van der Waals surface area contributed by atoms with Gasteiger partial charge in [0.05, 0.1) is 0 Å². The number of allylic oxidation sites excluding steroid dienone is 1. The maximum atomic E-state index is 4.11. The molecule has 1 aliphatic heterocycles. The number of nitrogens with zero attached hydrogens (tertiary/aromatic N) is 2. The van der Waals surface area contributed by atoms with Crippen molar-refractivity contribution in [2.75, 3.05) is 0 Å². The molecule has 1 heterocycles. The third-order valence-electron chi connectivity index (χ3n) is 2.02. The van der Waals surface area contributed by atoms with Crippen molar-refractivity contribution >= 4 is 5.69 Å². The lowest BCUT2D eigenvalue weighted by atomic mass is 10.3. The summed E-state index contributed by atoms with van der Waals surface area (Å²) < 4.78 is 0. The SMILES string of the molecule is CCC1=C[NH+](c2ccccc2)N=N1.[Br-]. The summed E-state index contributed by atoms with van der Waals surface area (Å²) in [6.07, 6.45) is 2.98. The van der Waals surface area contributed by atoms with Crippen LogP contribution in [0.3, 0.4) is 0 Å². The van der Waals surface area contributed by atoms with Gasteiger partial charge in [-0.2, -0.15) is 0 Å². The molecule has 2 rings (SSSR count). The van der Waals surface area contributed by atoms with Gasteiger partial charge in [0.15, 0.2) is 11.9 Å². The molecule has 74 valence electrons. The topological polar surface area (TPSA) is 29.2 Å². The Bertz CT molecular complexity index is 346. The van der Waals surface area contributed by atoms with Crippen LogP contribution in [0.4, 0.5) is 5.69 Å². The molecule has 1 N–H and O–H groups in total. The first-order valence-corrected chi connectivity index (χ1v) is 4.45. The van der Waals surface area contributed by atoms with Crippen molar-refractivity contribution in [2.45, 2.75) is 13.3 Å². The second-order valence-corrected chi connectivity index (χ2v) is 2.94. The molecule has 0 saturated carbocycles. The summed E-state index contributed by atoms with van der Waals surface area (Å²) in [5.41, 5.74) is 2.19. The zero-order valence-electron chi connectivity index (χ0n) is 7.94. The lowest BCUT2D eigenvalue weighted by Crippen LogP contribution is -3.00. The Labute approximate surface area is 93.9 Å². The summed E-state index contributed by atoms with van der Waals surface area (Å²) >= 11 is 0. The van der Waals surface area contributed by atoms with Crippen LogP contribution in [-0.2, 0) is 0 Å². The van der Waals surface area contributed by atoms with E-state index in [-0.39, 0.29) is 17.0 Å². The van der Waals surface area contributed by atoms with Gasteiger partial charge in [-0.3, -0.25) is 0 Å². The predicted octanol–water partition coefficient (Wildman–Crippen LogP) is -1.16. The van der Waals surface area contributed by atoms with Gasteiger partial charge in [0.2, 0.25) is 0 Å². The third kappa shape index (κ3) is 2.27. The van der Waals surface area contributed by atoms with Crippen LogP contribution in [0.5, 0.6) is 0 Å². The molecular formula is C10H12BrN3. The highest BCUT2D eigenvalue weighted by atomic mass is 79.9. The maximum Gasteiger partial charge on any atom is 0.163 e. The van der Waals surface area contributed by atoms with Crippen LogP contribution in [0, 0.1) is 0 Å². The summed E-state index contributed by atoms with van der Waals surface area (Å²) in [5.74, 6) is 0. The second kappa shape index (κ2) is 5.02. The summed E-state index contributed by atoms with van der Waals surface area (Å²) in [5, 5.41) is 9.14. The number of hydrogen-bond donors (Lipinski definition) is 1. The molecule has 0 bridgehead atoms. The smallest absolute Gasteiger partial charge is 0.163 e. The van der Waals surface area contributed by atoms with Crippen molar-refractivity contribution < 1.29 is 22.0 Å². The number of rotatable bonds is 2. The molecule has 0 fully saturated rings. The molecule has 0 aromatic heterocycles. The zero-order valence-corrected chi connectivity index (χ0v) is 9.53. The first-order chi connectivity index (χ1) is 6.40. The van der Waals surface area contributed by atoms with Crippen molar-refractivity contribution in [1.82, 2.24) is 0 Å². The van der Waals surface area contributed by atoms with E-state index in [0.717, 1.165) is 22.8 Å². The summed E-state index contributed by atoms with van der Waals surface area (Å²) in [7, 11) is 0. The lowest BCUT2D eigenvalue weighted by molar-refractivity contribution is -0.783. The average molecular weight is 254 g/mol. The molecule has 14 heavy (non-hydrogen) atoms. The Kier molecular flexibility index (Phi) is 3.98. The first-order valence-electron chi connectivity index (χ1n) is 4.45. The molecule has 0 spiro atoms. The summed E-state index contributed by atoms with van der Waals surface area (Å²) in [6.45, 7) is 2.08. The molecule has 1 unspecified atom stereocenters. The average Bonchev–Trinajstić information content (AvgIpc) is 2.67. The van der Waals surface area contributed by atoms with Crippen molar-refractivity contribution in [3.63, 3.8) is 0 Å². The van der Waals surface area contributed by atoms with E-state index in [1.807, 2.05) is 36.5 Å². The number of quaternary nitrogens is 1. The highest BCUT2D eigenvalue weighted by molar-refractivity contribution is 5.28. The van der Waals surface area contributed by atoms with E-state index in [1.54, 1.807) is 0 Å². The Balaban J connectivity index is 0.000000980. The number of hydrogen-bond acceptors (Lipinski definition) is 2. The summed E-state index contributed by atoms with van der Waals surface area (Å²) in [6, 6.07) is 10.1. The molecule has 1 aromatic carbocycles. The fourth-order valence-electron chi connectivity index (χ4n) is 1.26. The van der Waals surface area contributed by atoms with Crippen LogP contribution < -0.4 is 22.0 Å². The van der Waals surface area contributed by atoms with Gasteiger partial charge >= 0.3 is 0 Å². The molecule has 0 aliphatic carbocycles. The fraction of sp³-hybridized carbons (Fsp3) is 0.200. The number of nitrogens with one attached hydrogen (secondary N) is 1. The van der Waals surface area contributed by atoms with Gasteiger partial charge in [-0.25, -0.2) is 0 Å². The van der Waals surface area contributed by atoms with Gasteiger partial charge in [-0.1, -0.05) is 30.2 Å². The monoisotopic (exact) mass is 253 g/mol. The van der Waals surface area contributed by atoms with E-state index >= 15 is 0 Å². The van der Waals surface area contributed by atoms with Gasteiger partial charge in [0.1, 0.15) is 5.70 Å². The zero-order chi connectivity index (χ0) is 9.10. The van der Waals surface area contributed by atoms with Gasteiger partial charge in [0.25, 0.3) is 0 Å². The van der Waals surface area contributed by atoms with E-state index in [4.69, 9.17) is 0 Å². The Morgan fingerprint density at radius 3 is 2.50 bits per heavy atom. The fourth-order valence-corrected chi connectivity index (χ4v) is 1.26. The van der Waals surface area contributed by atoms with E-state index in [1.165, 1.54) is 0 Å². The molecule has 4 heteroatoms. The molecule has 3 nitrogen and oxygen atoms in total. The summed E-state index contributed by atoms with van der Waals surface area (Å²) in [4.78, 5) is 0. The molecule has 0 saturated heterocycles. The minimum atomic E-state index is 0. The highest BCUT2D eigenvalue weighted by Crippen LogP contribution is 2.07. The van der Waals surface area contributed by atoms with E-state index in [2.05, 4.69) is 17.3 Å². The van der Waals surface area contributed by atoms with Gasteiger partial charge in [-0.15, -0.1) is 5.01 Å². The van der Waals surface area contributed by atoms with Crippen molar-refractivity contribution in [3.8, 4) is 0 Å². The second-order valence-electron chi connectivity index (χ2n) is 2.94. The number of para-hydroxylation sites is 1. The van der Waals surface area contributed by atoms with Gasteiger partial charge < -0.3 is 17.0 Å². The Morgan fingerprint density at radius 2 is 1.93 bits per heavy atom. The quantitative estimate of drug-likeness (QED) is 0.690. The van der Waals surface area contributed by atoms with Crippen LogP contribution in [0.25, 0.3) is 0 Å². The number of benzene rings is 1. The predicted molar refractivity (Wildman–Crippen MR) is 50.3 cm³/mol. The number of halogens is 1. The molecule has 1 aromatic rings. The van der Waals surface area contributed by atoms with Crippen molar-refractivity contribution in [3.05, 3.63) is 42.2 Å². The van der Waals surface area contributed by atoms with Crippen LogP contribution in [0.2, 0.25) is 0 Å². The van der Waals surface area contributed by atoms with Gasteiger partial charge in [0, 0.05) is 17.4 Å².